The molecule has 1 aromatic heterocycles. The molecule has 2 heterocycles. The van der Waals surface area contributed by atoms with Crippen molar-refractivity contribution in [3.63, 3.8) is 0 Å². The summed E-state index contributed by atoms with van der Waals surface area (Å²) in [6.07, 6.45) is -9.62. The molecule has 0 spiro atoms. The molecule has 0 aromatic carbocycles. The van der Waals surface area contributed by atoms with Gasteiger partial charge in [-0.1, -0.05) is 27.7 Å². The number of halogens is 1. The molecule has 2 unspecified atom stereocenters. The Balaban J connectivity index is 2.56. The smallest absolute Gasteiger partial charge is 0.443 e. The highest BCUT2D eigenvalue weighted by Gasteiger charge is 2.51. The summed E-state index contributed by atoms with van der Waals surface area (Å²) in [5.41, 5.74) is -4.34. The fraction of sp³-hybridized carbons (Fsp3) is 0.750. The molecule has 1 aromatic rings. The zero-order chi connectivity index (χ0) is 44.7. The highest BCUT2D eigenvalue weighted by molar-refractivity contribution is 8.00. The van der Waals surface area contributed by atoms with Crippen LogP contribution in [0.25, 0.3) is 0 Å². The van der Waals surface area contributed by atoms with E-state index < -0.39 is 120 Å². The Bertz CT molecular complexity index is 1680. The molecular weight excluding hydrogens is 812 g/mol. The second-order valence-corrected chi connectivity index (χ2v) is 19.5. The van der Waals surface area contributed by atoms with Gasteiger partial charge in [-0.25, -0.2) is 37.2 Å². The average molecular weight is 870 g/mol. The van der Waals surface area contributed by atoms with E-state index >= 15 is 4.39 Å². The van der Waals surface area contributed by atoms with Gasteiger partial charge in [0, 0.05) is 6.20 Å². The minimum Gasteiger partial charge on any atom is -0.443 e. The molecule has 19 nitrogen and oxygen atoms in total. The minimum absolute atomic E-state index is 0.415. The van der Waals surface area contributed by atoms with Crippen LogP contribution in [0.4, 0.5) is 24.6 Å². The fourth-order valence-corrected chi connectivity index (χ4v) is 7.32. The number of imide groups is 1. The van der Waals surface area contributed by atoms with E-state index in [0.717, 1.165) is 16.8 Å². The number of thioether (sulfide) groups is 1. The molecule has 0 N–H and O–H groups in total. The molecule has 1 aliphatic heterocycles. The van der Waals surface area contributed by atoms with Crippen molar-refractivity contribution in [1.29, 1.82) is 0 Å². The fourth-order valence-electron chi connectivity index (χ4n) is 4.43. The van der Waals surface area contributed by atoms with Gasteiger partial charge in [0.05, 0.1) is 23.7 Å². The standard InChI is InChI=1S/C36H57FN3O16PS/c1-19(2)28(41)49-21(5)55-57(47,56-22(6)50-29(42)20(3)4)48-18-23-26(51-33(46)54-36(13,14)15)25(37)27(58-23)39-17-16-24(38-30(39)43)40(31(44)52-34(7,8)9)32(45)53-35(10,11)12/h16-17,19-23,25-27H,18H2,1-15H3/t21?,22?,23-,25+,26-,27-,57?/m1/s1. The molecule has 0 aliphatic carbocycles. The van der Waals surface area contributed by atoms with Gasteiger partial charge in [0.2, 0.25) is 12.6 Å². The van der Waals surface area contributed by atoms with Crippen LogP contribution < -0.4 is 10.6 Å². The van der Waals surface area contributed by atoms with Crippen molar-refractivity contribution in [1.82, 2.24) is 9.55 Å². The number of phosphoric ester groups is 1. The van der Waals surface area contributed by atoms with Gasteiger partial charge in [-0.2, -0.15) is 9.88 Å². The monoisotopic (exact) mass is 869 g/mol. The van der Waals surface area contributed by atoms with Gasteiger partial charge in [-0.3, -0.25) is 18.7 Å². The van der Waals surface area contributed by atoms with Gasteiger partial charge in [-0.05, 0) is 82.2 Å². The summed E-state index contributed by atoms with van der Waals surface area (Å²) in [5.74, 6) is -3.13. The van der Waals surface area contributed by atoms with Crippen molar-refractivity contribution < 1.29 is 74.9 Å². The van der Waals surface area contributed by atoms with E-state index in [1.165, 1.54) is 13.8 Å². The summed E-state index contributed by atoms with van der Waals surface area (Å²) in [7, 11) is -4.88. The molecule has 0 bridgehead atoms. The maximum absolute atomic E-state index is 16.5. The number of esters is 2. The van der Waals surface area contributed by atoms with Gasteiger partial charge in [-0.15, -0.1) is 11.8 Å². The van der Waals surface area contributed by atoms with E-state index in [1.807, 2.05) is 0 Å². The van der Waals surface area contributed by atoms with E-state index in [9.17, 15) is 33.3 Å². The molecule has 58 heavy (non-hydrogen) atoms. The maximum atomic E-state index is 16.5. The molecule has 0 saturated carbocycles. The third-order valence-electron chi connectivity index (χ3n) is 6.82. The Morgan fingerprint density at radius 2 is 1.26 bits per heavy atom. The number of ether oxygens (including phenoxy) is 6. The zero-order valence-corrected chi connectivity index (χ0v) is 37.3. The number of nitrogens with zero attached hydrogens (tertiary/aromatic N) is 3. The van der Waals surface area contributed by atoms with Gasteiger partial charge in [0.1, 0.15) is 22.2 Å². The Hall–Kier alpha value is -3.78. The maximum Gasteiger partial charge on any atom is 0.509 e. The van der Waals surface area contributed by atoms with E-state index in [1.54, 1.807) is 90.0 Å². The molecule has 0 radical (unpaired) electrons. The predicted octanol–water partition coefficient (Wildman–Crippen LogP) is 7.44. The number of alkyl halides is 1. The van der Waals surface area contributed by atoms with Crippen molar-refractivity contribution in [2.45, 2.75) is 156 Å². The van der Waals surface area contributed by atoms with Crippen LogP contribution in [-0.4, -0.2) is 93.3 Å². The van der Waals surface area contributed by atoms with Crippen LogP contribution in [0, 0.1) is 11.8 Å². The predicted molar refractivity (Wildman–Crippen MR) is 206 cm³/mol. The Morgan fingerprint density at radius 3 is 1.66 bits per heavy atom. The molecule has 6 atom stereocenters. The van der Waals surface area contributed by atoms with Crippen LogP contribution >= 0.6 is 19.6 Å². The molecule has 2 rings (SSSR count). The first-order chi connectivity index (χ1) is 26.3. The lowest BCUT2D eigenvalue weighted by atomic mass is 10.1. The van der Waals surface area contributed by atoms with Crippen LogP contribution in [0.1, 0.15) is 109 Å². The molecular formula is C36H57FN3O16PS. The zero-order valence-electron chi connectivity index (χ0n) is 35.6. The SMILES string of the molecule is CC(OC(=O)C(C)C)OP(=O)(OC[C@H]1S[C@@H](n2ccc(N(C(=O)OC(C)(C)C)C(=O)OC(C)(C)C)nc2=O)[C@@H](F)[C@@H]1OC(=O)OC(C)(C)C)OC(C)OC(=O)C(C)C. The minimum atomic E-state index is -4.88. The molecule has 1 fully saturated rings. The van der Waals surface area contributed by atoms with E-state index in [2.05, 4.69) is 4.98 Å². The van der Waals surface area contributed by atoms with Crippen molar-refractivity contribution in [2.24, 2.45) is 11.8 Å². The number of hydrogen-bond donors (Lipinski definition) is 0. The first kappa shape index (κ1) is 50.4. The lowest BCUT2D eigenvalue weighted by molar-refractivity contribution is -0.174. The Kier molecular flexibility index (Phi) is 17.4. The van der Waals surface area contributed by atoms with Gasteiger partial charge in [0.15, 0.2) is 18.1 Å². The van der Waals surface area contributed by atoms with Crippen LogP contribution in [0.5, 0.6) is 0 Å². The van der Waals surface area contributed by atoms with Crippen molar-refractivity contribution >= 4 is 55.7 Å². The number of carbonyl (C=O) groups is 5. The van der Waals surface area contributed by atoms with Gasteiger partial charge in [0.25, 0.3) is 0 Å². The molecule has 22 heteroatoms. The second-order valence-electron chi connectivity index (χ2n) is 16.6. The number of anilines is 1. The number of phosphoric acid groups is 1. The lowest BCUT2D eigenvalue weighted by Gasteiger charge is -2.28. The summed E-state index contributed by atoms with van der Waals surface area (Å²) in [6.45, 7) is 21.9. The van der Waals surface area contributed by atoms with E-state index in [-0.39, 0.29) is 0 Å². The van der Waals surface area contributed by atoms with Crippen molar-refractivity contribution in [3.8, 4) is 0 Å². The Labute approximate surface area is 341 Å². The van der Waals surface area contributed by atoms with Crippen LogP contribution in [-0.2, 0) is 56.1 Å². The number of aromatic nitrogens is 2. The number of hydrogen-bond acceptors (Lipinski definition) is 18. The molecule has 330 valence electrons. The van der Waals surface area contributed by atoms with Crippen LogP contribution in [0.3, 0.4) is 0 Å². The first-order valence-corrected chi connectivity index (χ1v) is 20.8. The largest absolute Gasteiger partial charge is 0.509 e. The summed E-state index contributed by atoms with van der Waals surface area (Å²) < 4.78 is 79.4. The molecule has 1 saturated heterocycles. The van der Waals surface area contributed by atoms with Crippen molar-refractivity contribution in [2.75, 3.05) is 11.5 Å². The lowest BCUT2D eigenvalue weighted by Crippen LogP contribution is -2.45. The quantitative estimate of drug-likeness (QED) is 0.0766. The second kappa shape index (κ2) is 20.0. The third kappa shape index (κ3) is 16.1. The average Bonchev–Trinajstić information content (AvgIpc) is 3.31. The Morgan fingerprint density at radius 1 is 0.810 bits per heavy atom. The summed E-state index contributed by atoms with van der Waals surface area (Å²) in [4.78, 5) is 81.4. The topological polar surface area (TPSA) is 224 Å². The summed E-state index contributed by atoms with van der Waals surface area (Å²) in [6, 6.07) is 1.08. The van der Waals surface area contributed by atoms with Crippen LogP contribution in [0.15, 0.2) is 17.1 Å². The normalized spacial score (nSPS) is 20.7. The van der Waals surface area contributed by atoms with E-state index in [0.29, 0.717) is 16.7 Å². The van der Waals surface area contributed by atoms with Gasteiger partial charge < -0.3 is 28.4 Å². The third-order valence-corrected chi connectivity index (χ3v) is 9.91. The van der Waals surface area contributed by atoms with Crippen molar-refractivity contribution in [3.05, 3.63) is 22.7 Å². The molecule has 1 aliphatic rings. The highest BCUT2D eigenvalue weighted by Crippen LogP contribution is 2.54. The molecule has 2 amide bonds. The first-order valence-electron chi connectivity index (χ1n) is 18.4. The van der Waals surface area contributed by atoms with Gasteiger partial charge >= 0.3 is 43.8 Å². The number of carbonyl (C=O) groups excluding carboxylic acids is 5. The summed E-state index contributed by atoms with van der Waals surface area (Å²) >= 11 is 0.695. The summed E-state index contributed by atoms with van der Waals surface area (Å²) in [5, 5.41) is -2.79. The van der Waals surface area contributed by atoms with E-state index in [4.69, 9.17) is 42.0 Å². The number of amides is 2. The van der Waals surface area contributed by atoms with Crippen LogP contribution in [0.2, 0.25) is 0 Å². The number of rotatable bonds is 14. The highest BCUT2D eigenvalue weighted by atomic mass is 32.2.